The summed E-state index contributed by atoms with van der Waals surface area (Å²) < 4.78 is 5.12. The zero-order valence-corrected chi connectivity index (χ0v) is 9.02. The zero-order chi connectivity index (χ0) is 12.7. The quantitative estimate of drug-likeness (QED) is 0.372. The first-order valence-corrected chi connectivity index (χ1v) is 5.19. The lowest BCUT2D eigenvalue weighted by Crippen LogP contribution is -2.72. The lowest BCUT2D eigenvalue weighted by atomic mass is 9.86. The molecule has 1 heterocycles. The van der Waals surface area contributed by atoms with Crippen LogP contribution in [-0.4, -0.2) is 45.0 Å². The fourth-order valence-corrected chi connectivity index (χ4v) is 1.88. The fourth-order valence-electron chi connectivity index (χ4n) is 1.88. The predicted octanol–water partition coefficient (Wildman–Crippen LogP) is -1.77. The maximum absolute atomic E-state index is 9.88. The molecule has 3 atom stereocenters. The Hall–Kier alpha value is -1.02. The van der Waals surface area contributed by atoms with Gasteiger partial charge in [0.1, 0.15) is 12.2 Å². The van der Waals surface area contributed by atoms with Crippen molar-refractivity contribution in [2.45, 2.75) is 23.7 Å². The van der Waals surface area contributed by atoms with Crippen LogP contribution in [0.25, 0.3) is 0 Å². The van der Waals surface area contributed by atoms with Gasteiger partial charge >= 0.3 is 0 Å². The van der Waals surface area contributed by atoms with Gasteiger partial charge in [0.25, 0.3) is 0 Å². The number of benzene rings is 1. The van der Waals surface area contributed by atoms with E-state index in [0.29, 0.717) is 5.56 Å². The number of aliphatic hydroxyl groups excluding tert-OH is 2. The van der Waals surface area contributed by atoms with Crippen LogP contribution < -0.4 is 5.73 Å². The summed E-state index contributed by atoms with van der Waals surface area (Å²) in [6.07, 6.45) is -3.20. The lowest BCUT2D eigenvalue weighted by molar-refractivity contribution is -0.376. The van der Waals surface area contributed by atoms with Crippen LogP contribution in [0.1, 0.15) is 5.56 Å². The van der Waals surface area contributed by atoms with Crippen LogP contribution in [0, 0.1) is 0 Å². The van der Waals surface area contributed by atoms with Crippen LogP contribution in [0.15, 0.2) is 30.3 Å². The number of hydrogen-bond donors (Lipinski definition) is 5. The van der Waals surface area contributed by atoms with Gasteiger partial charge < -0.3 is 25.2 Å². The molecule has 0 spiro atoms. The molecule has 3 unspecified atom stereocenters. The molecule has 6 N–H and O–H groups in total. The van der Waals surface area contributed by atoms with Crippen LogP contribution in [-0.2, 0) is 10.5 Å². The Morgan fingerprint density at radius 3 is 2.35 bits per heavy atom. The lowest BCUT2D eigenvalue weighted by Gasteiger charge is -2.48. The van der Waals surface area contributed by atoms with Crippen molar-refractivity contribution in [2.24, 2.45) is 5.73 Å². The van der Waals surface area contributed by atoms with E-state index in [0.717, 1.165) is 0 Å². The molecular formula is C11H15NO5. The highest BCUT2D eigenvalue weighted by Crippen LogP contribution is 2.37. The van der Waals surface area contributed by atoms with Gasteiger partial charge in [-0.2, -0.15) is 0 Å². The Morgan fingerprint density at radius 1 is 1.18 bits per heavy atom. The summed E-state index contributed by atoms with van der Waals surface area (Å²) in [5, 5.41) is 38.7. The number of rotatable bonds is 1. The molecule has 0 aliphatic carbocycles. The topological polar surface area (TPSA) is 116 Å². The van der Waals surface area contributed by atoms with Gasteiger partial charge in [-0.3, -0.25) is 5.73 Å². The number of ether oxygens (including phenoxy) is 1. The van der Waals surface area contributed by atoms with E-state index >= 15 is 0 Å². The highest BCUT2D eigenvalue weighted by Gasteiger charge is 2.59. The van der Waals surface area contributed by atoms with E-state index in [1.54, 1.807) is 30.3 Å². The van der Waals surface area contributed by atoms with E-state index in [1.165, 1.54) is 0 Å². The van der Waals surface area contributed by atoms with Crippen molar-refractivity contribution >= 4 is 0 Å². The minimum absolute atomic E-state index is 0.282. The second-order valence-electron chi connectivity index (χ2n) is 4.15. The molecule has 6 heteroatoms. The average molecular weight is 241 g/mol. The van der Waals surface area contributed by atoms with Crippen LogP contribution >= 0.6 is 0 Å². The zero-order valence-electron chi connectivity index (χ0n) is 9.02. The third-order valence-corrected chi connectivity index (χ3v) is 3.01. The highest BCUT2D eigenvalue weighted by molar-refractivity contribution is 5.26. The third kappa shape index (κ3) is 1.75. The molecule has 0 aromatic heterocycles. The van der Waals surface area contributed by atoms with Gasteiger partial charge in [-0.1, -0.05) is 30.3 Å². The Morgan fingerprint density at radius 2 is 1.76 bits per heavy atom. The summed E-state index contributed by atoms with van der Waals surface area (Å²) in [5.41, 5.74) is 4.14. The summed E-state index contributed by atoms with van der Waals surface area (Å²) in [4.78, 5) is 0. The van der Waals surface area contributed by atoms with Gasteiger partial charge in [-0.05, 0) is 0 Å². The van der Waals surface area contributed by atoms with E-state index in [1.807, 2.05) is 0 Å². The second kappa shape index (κ2) is 4.02. The van der Waals surface area contributed by atoms with Crippen molar-refractivity contribution in [1.29, 1.82) is 0 Å². The molecule has 0 amide bonds. The molecule has 6 nitrogen and oxygen atoms in total. The van der Waals surface area contributed by atoms with Gasteiger partial charge in [0.05, 0.1) is 6.61 Å². The first kappa shape index (κ1) is 12.4. The Balaban J connectivity index is 2.44. The predicted molar refractivity (Wildman–Crippen MR) is 57.4 cm³/mol. The molecule has 1 aromatic carbocycles. The molecular weight excluding hydrogens is 226 g/mol. The molecule has 1 fully saturated rings. The average Bonchev–Trinajstić information content (AvgIpc) is 2.33. The molecule has 94 valence electrons. The van der Waals surface area contributed by atoms with E-state index < -0.39 is 23.7 Å². The van der Waals surface area contributed by atoms with E-state index in [2.05, 4.69) is 0 Å². The largest absolute Gasteiger partial charge is 0.388 e. The first-order valence-electron chi connectivity index (χ1n) is 5.19. The van der Waals surface area contributed by atoms with Gasteiger partial charge in [-0.25, -0.2) is 0 Å². The highest BCUT2D eigenvalue weighted by atomic mass is 16.6. The Labute approximate surface area is 97.9 Å². The molecule has 1 aromatic rings. The third-order valence-electron chi connectivity index (χ3n) is 3.01. The first-order chi connectivity index (χ1) is 7.89. The van der Waals surface area contributed by atoms with Gasteiger partial charge in [0.15, 0.2) is 5.72 Å². The summed E-state index contributed by atoms with van der Waals surface area (Å²) in [7, 11) is 0. The van der Waals surface area contributed by atoms with Gasteiger partial charge in [-0.15, -0.1) is 0 Å². The van der Waals surface area contributed by atoms with Crippen LogP contribution in [0.4, 0.5) is 0 Å². The van der Waals surface area contributed by atoms with Crippen molar-refractivity contribution in [3.05, 3.63) is 35.9 Å². The monoisotopic (exact) mass is 241 g/mol. The molecule has 0 radical (unpaired) electrons. The fraction of sp³-hybridized carbons (Fsp3) is 0.455. The summed E-state index contributed by atoms with van der Waals surface area (Å²) in [5.74, 6) is -2.77. The van der Waals surface area contributed by atoms with E-state index in [-0.39, 0.29) is 6.61 Å². The van der Waals surface area contributed by atoms with Crippen molar-refractivity contribution in [3.8, 4) is 0 Å². The molecule has 1 saturated heterocycles. The molecule has 1 aliphatic rings. The Bertz CT molecular complexity index is 396. The summed E-state index contributed by atoms with van der Waals surface area (Å²) >= 11 is 0. The maximum Gasteiger partial charge on any atom is 0.240 e. The molecule has 0 saturated carbocycles. The van der Waals surface area contributed by atoms with Gasteiger partial charge in [0, 0.05) is 5.56 Å². The van der Waals surface area contributed by atoms with Crippen LogP contribution in [0.2, 0.25) is 0 Å². The summed E-state index contributed by atoms with van der Waals surface area (Å²) in [6, 6.07) is 8.14. The van der Waals surface area contributed by atoms with Gasteiger partial charge in [0.2, 0.25) is 5.79 Å². The van der Waals surface area contributed by atoms with Crippen LogP contribution in [0.5, 0.6) is 0 Å². The summed E-state index contributed by atoms with van der Waals surface area (Å²) in [6.45, 7) is -0.282. The molecule has 0 bridgehead atoms. The SMILES string of the molecule is NC1(c2ccccc2)OCC(O)C(O)C1(O)O. The van der Waals surface area contributed by atoms with Crippen molar-refractivity contribution < 1.29 is 25.2 Å². The van der Waals surface area contributed by atoms with E-state index in [4.69, 9.17) is 10.5 Å². The number of aliphatic hydroxyl groups is 4. The standard InChI is InChI=1S/C11H15NO5/c12-10(7-4-2-1-3-5-7)11(15,16)9(14)8(13)6-17-10/h1-5,8-9,13-16H,6,12H2. The molecule has 17 heavy (non-hydrogen) atoms. The number of nitrogens with two attached hydrogens (primary N) is 1. The minimum Gasteiger partial charge on any atom is -0.388 e. The molecule has 2 rings (SSSR count). The maximum atomic E-state index is 9.88. The van der Waals surface area contributed by atoms with Crippen molar-refractivity contribution in [3.63, 3.8) is 0 Å². The second-order valence-corrected chi connectivity index (χ2v) is 4.15. The normalized spacial score (nSPS) is 36.8. The number of hydrogen-bond acceptors (Lipinski definition) is 6. The van der Waals surface area contributed by atoms with Crippen molar-refractivity contribution in [2.75, 3.05) is 6.61 Å². The smallest absolute Gasteiger partial charge is 0.240 e. The van der Waals surface area contributed by atoms with E-state index in [9.17, 15) is 20.4 Å². The molecule has 1 aliphatic heterocycles. The minimum atomic E-state index is -2.77. The Kier molecular flexibility index (Phi) is 2.94. The van der Waals surface area contributed by atoms with Crippen molar-refractivity contribution in [1.82, 2.24) is 0 Å². The van der Waals surface area contributed by atoms with Crippen LogP contribution in [0.3, 0.4) is 0 Å².